The molecule has 1 aromatic heterocycles. The molecule has 3 rings (SSSR count). The number of hydrogen-bond donors (Lipinski definition) is 1. The zero-order valence-corrected chi connectivity index (χ0v) is 12.6. The van der Waals surface area contributed by atoms with E-state index in [9.17, 15) is 18.0 Å². The largest absolute Gasteiger partial charge is 0.478 e. The van der Waals surface area contributed by atoms with E-state index in [4.69, 9.17) is 5.11 Å². The first-order chi connectivity index (χ1) is 11.3. The summed E-state index contributed by atoms with van der Waals surface area (Å²) in [5, 5.41) is 9.10. The van der Waals surface area contributed by atoms with Crippen LogP contribution in [0.2, 0.25) is 0 Å². The van der Waals surface area contributed by atoms with E-state index >= 15 is 0 Å². The Hall–Kier alpha value is -2.83. The first-order valence-electron chi connectivity index (χ1n) is 7.12. The van der Waals surface area contributed by atoms with E-state index in [0.717, 1.165) is 6.07 Å². The number of benzene rings is 2. The average Bonchev–Trinajstić information content (AvgIpc) is 2.82. The van der Waals surface area contributed by atoms with Gasteiger partial charge in [-0.25, -0.2) is 9.78 Å². The minimum Gasteiger partial charge on any atom is -0.478 e. The van der Waals surface area contributed by atoms with Crippen LogP contribution < -0.4 is 0 Å². The Morgan fingerprint density at radius 3 is 2.58 bits per heavy atom. The van der Waals surface area contributed by atoms with Crippen LogP contribution in [0.25, 0.3) is 11.0 Å². The molecule has 0 aliphatic heterocycles. The molecule has 0 saturated heterocycles. The summed E-state index contributed by atoms with van der Waals surface area (Å²) >= 11 is 0. The van der Waals surface area contributed by atoms with Gasteiger partial charge >= 0.3 is 12.1 Å². The number of alkyl halides is 3. The Kier molecular flexibility index (Phi) is 3.79. The lowest BCUT2D eigenvalue weighted by Gasteiger charge is -2.14. The van der Waals surface area contributed by atoms with Crippen LogP contribution in [0.15, 0.2) is 42.5 Å². The number of carbonyl (C=O) groups is 1. The van der Waals surface area contributed by atoms with E-state index in [1.807, 2.05) is 0 Å². The minimum absolute atomic E-state index is 0.0406. The number of aromatic carboxylic acids is 1. The van der Waals surface area contributed by atoms with Crippen LogP contribution >= 0.6 is 0 Å². The predicted molar refractivity (Wildman–Crippen MR) is 82.0 cm³/mol. The number of fused-ring (bicyclic) bond motifs is 1. The van der Waals surface area contributed by atoms with Crippen LogP contribution in [-0.4, -0.2) is 20.6 Å². The predicted octanol–water partition coefficient (Wildman–Crippen LogP) is 4.11. The lowest BCUT2D eigenvalue weighted by molar-refractivity contribution is -0.138. The van der Waals surface area contributed by atoms with Gasteiger partial charge in [0.2, 0.25) is 0 Å². The normalized spacial score (nSPS) is 11.8. The Morgan fingerprint density at radius 1 is 1.21 bits per heavy atom. The molecule has 124 valence electrons. The molecule has 0 spiro atoms. The molecular weight excluding hydrogens is 321 g/mol. The average molecular weight is 334 g/mol. The van der Waals surface area contributed by atoms with Gasteiger partial charge in [-0.2, -0.15) is 13.2 Å². The molecule has 7 heteroatoms. The Bertz CT molecular complexity index is 929. The quantitative estimate of drug-likeness (QED) is 0.784. The minimum atomic E-state index is -4.45. The number of imidazole rings is 1. The SMILES string of the molecule is Cc1nc2ccc(C(=O)O)cc2n1Cc1ccccc1C(F)(F)F. The van der Waals surface area contributed by atoms with E-state index in [0.29, 0.717) is 16.9 Å². The molecule has 0 fully saturated rings. The van der Waals surface area contributed by atoms with Gasteiger partial charge in [0.1, 0.15) is 5.82 Å². The van der Waals surface area contributed by atoms with Gasteiger partial charge in [0, 0.05) is 6.54 Å². The van der Waals surface area contributed by atoms with Crippen molar-refractivity contribution < 1.29 is 23.1 Å². The zero-order valence-electron chi connectivity index (χ0n) is 12.6. The van der Waals surface area contributed by atoms with Crippen molar-refractivity contribution in [3.05, 3.63) is 65.0 Å². The summed E-state index contributed by atoms with van der Waals surface area (Å²) in [6.45, 7) is 1.64. The summed E-state index contributed by atoms with van der Waals surface area (Å²) < 4.78 is 41.1. The molecule has 0 atom stereocenters. The third-order valence-corrected chi connectivity index (χ3v) is 3.84. The van der Waals surface area contributed by atoms with Crippen LogP contribution in [0.1, 0.15) is 27.3 Å². The number of carboxylic acids is 1. The van der Waals surface area contributed by atoms with Crippen LogP contribution in [0, 0.1) is 6.92 Å². The molecule has 0 saturated carbocycles. The van der Waals surface area contributed by atoms with Gasteiger partial charge < -0.3 is 9.67 Å². The third kappa shape index (κ3) is 2.84. The molecule has 1 N–H and O–H groups in total. The highest BCUT2D eigenvalue weighted by Gasteiger charge is 2.33. The van der Waals surface area contributed by atoms with Crippen molar-refractivity contribution in [1.82, 2.24) is 9.55 Å². The van der Waals surface area contributed by atoms with Crippen LogP contribution in [0.5, 0.6) is 0 Å². The highest BCUT2D eigenvalue weighted by atomic mass is 19.4. The molecule has 0 unspecified atom stereocenters. The molecule has 4 nitrogen and oxygen atoms in total. The second kappa shape index (κ2) is 5.67. The summed E-state index contributed by atoms with van der Waals surface area (Å²) in [4.78, 5) is 15.4. The highest BCUT2D eigenvalue weighted by Crippen LogP contribution is 2.32. The number of carboxylic acid groups (broad SMARTS) is 1. The van der Waals surface area contributed by atoms with Crippen LogP contribution in [0.4, 0.5) is 13.2 Å². The van der Waals surface area contributed by atoms with Gasteiger partial charge in [-0.05, 0) is 36.8 Å². The fraction of sp³-hybridized carbons (Fsp3) is 0.176. The maximum Gasteiger partial charge on any atom is 0.416 e. The molecule has 1 heterocycles. The van der Waals surface area contributed by atoms with Crippen molar-refractivity contribution in [3.63, 3.8) is 0 Å². The summed E-state index contributed by atoms with van der Waals surface area (Å²) in [7, 11) is 0. The standard InChI is InChI=1S/C17H13F3N2O2/c1-10-21-14-7-6-11(16(23)24)8-15(14)22(10)9-12-4-2-3-5-13(12)17(18,19)20/h2-8H,9H2,1H3,(H,23,24). The van der Waals surface area contributed by atoms with E-state index in [1.54, 1.807) is 23.6 Å². The van der Waals surface area contributed by atoms with Gasteiger partial charge in [-0.15, -0.1) is 0 Å². The molecule has 0 radical (unpaired) electrons. The molecule has 0 amide bonds. The second-order valence-electron chi connectivity index (χ2n) is 5.41. The van der Waals surface area contributed by atoms with Crippen molar-refractivity contribution in [2.75, 3.05) is 0 Å². The fourth-order valence-electron chi connectivity index (χ4n) is 2.68. The molecule has 0 bridgehead atoms. The maximum absolute atomic E-state index is 13.2. The number of rotatable bonds is 3. The summed E-state index contributed by atoms with van der Waals surface area (Å²) in [6, 6.07) is 9.73. The number of aromatic nitrogens is 2. The van der Waals surface area contributed by atoms with Crippen LogP contribution in [0.3, 0.4) is 0 Å². The van der Waals surface area contributed by atoms with Crippen molar-refractivity contribution in [2.24, 2.45) is 0 Å². The Balaban J connectivity index is 2.13. The molecule has 0 aliphatic rings. The van der Waals surface area contributed by atoms with Gasteiger partial charge in [-0.3, -0.25) is 0 Å². The molecule has 0 aliphatic carbocycles. The first-order valence-corrected chi connectivity index (χ1v) is 7.12. The van der Waals surface area contributed by atoms with E-state index in [-0.39, 0.29) is 17.7 Å². The van der Waals surface area contributed by atoms with Gasteiger partial charge in [-0.1, -0.05) is 18.2 Å². The van der Waals surface area contributed by atoms with Crippen molar-refractivity contribution in [3.8, 4) is 0 Å². The van der Waals surface area contributed by atoms with Gasteiger partial charge in [0.25, 0.3) is 0 Å². The number of hydrogen-bond acceptors (Lipinski definition) is 2. The van der Waals surface area contributed by atoms with Crippen molar-refractivity contribution >= 4 is 17.0 Å². The molecule has 24 heavy (non-hydrogen) atoms. The van der Waals surface area contributed by atoms with E-state index in [1.165, 1.54) is 24.3 Å². The van der Waals surface area contributed by atoms with Gasteiger partial charge in [0.05, 0.1) is 22.2 Å². The monoisotopic (exact) mass is 334 g/mol. The van der Waals surface area contributed by atoms with Crippen molar-refractivity contribution in [1.29, 1.82) is 0 Å². The summed E-state index contributed by atoms with van der Waals surface area (Å²) in [5.74, 6) is -0.581. The highest BCUT2D eigenvalue weighted by molar-refractivity contribution is 5.92. The summed E-state index contributed by atoms with van der Waals surface area (Å²) in [6.07, 6.45) is -4.45. The third-order valence-electron chi connectivity index (χ3n) is 3.84. The smallest absolute Gasteiger partial charge is 0.416 e. The Morgan fingerprint density at radius 2 is 1.92 bits per heavy atom. The molecular formula is C17H13F3N2O2. The lowest BCUT2D eigenvalue weighted by atomic mass is 10.1. The first kappa shape index (κ1) is 16.0. The fourth-order valence-corrected chi connectivity index (χ4v) is 2.68. The zero-order chi connectivity index (χ0) is 17.5. The Labute approximate surface area is 135 Å². The molecule has 2 aromatic carbocycles. The van der Waals surface area contributed by atoms with Crippen molar-refractivity contribution in [2.45, 2.75) is 19.6 Å². The maximum atomic E-state index is 13.2. The summed E-state index contributed by atoms with van der Waals surface area (Å²) in [5.41, 5.74) is 0.493. The lowest BCUT2D eigenvalue weighted by Crippen LogP contribution is -2.12. The molecule has 3 aromatic rings. The van der Waals surface area contributed by atoms with Gasteiger partial charge in [0.15, 0.2) is 0 Å². The number of aryl methyl sites for hydroxylation is 1. The topological polar surface area (TPSA) is 55.1 Å². The van der Waals surface area contributed by atoms with E-state index < -0.39 is 17.7 Å². The van der Waals surface area contributed by atoms with E-state index in [2.05, 4.69) is 4.98 Å². The van der Waals surface area contributed by atoms with Crippen LogP contribution in [-0.2, 0) is 12.7 Å². The number of nitrogens with zero attached hydrogens (tertiary/aromatic N) is 2. The second-order valence-corrected chi connectivity index (χ2v) is 5.41. The number of halogens is 3.